The van der Waals surface area contributed by atoms with E-state index >= 15 is 0 Å². The number of ether oxygens (including phenoxy) is 1. The first-order chi connectivity index (χ1) is 18.1. The third-order valence-electron chi connectivity index (χ3n) is 6.16. The molecule has 0 spiro atoms. The zero-order valence-electron chi connectivity index (χ0n) is 21.8. The van der Waals surface area contributed by atoms with Crippen LogP contribution in [0.5, 0.6) is 5.75 Å². The summed E-state index contributed by atoms with van der Waals surface area (Å²) in [6, 6.07) is 19.1. The van der Waals surface area contributed by atoms with E-state index in [1.807, 2.05) is 6.92 Å². The van der Waals surface area contributed by atoms with E-state index in [0.29, 0.717) is 22.8 Å². The molecule has 1 unspecified atom stereocenters. The molecule has 1 atom stereocenters. The van der Waals surface area contributed by atoms with Gasteiger partial charge in [0.25, 0.3) is 10.0 Å². The van der Waals surface area contributed by atoms with Gasteiger partial charge in [-0.1, -0.05) is 60.5 Å². The van der Waals surface area contributed by atoms with Crippen molar-refractivity contribution in [2.75, 3.05) is 25.0 Å². The van der Waals surface area contributed by atoms with E-state index in [1.165, 1.54) is 31.2 Å². The highest BCUT2D eigenvalue weighted by Gasteiger charge is 2.33. The molecular weight excluding hydrogens is 526 g/mol. The lowest BCUT2D eigenvalue weighted by molar-refractivity contribution is -0.140. The zero-order chi connectivity index (χ0) is 27.9. The van der Waals surface area contributed by atoms with Gasteiger partial charge in [-0.2, -0.15) is 0 Å². The predicted octanol–water partition coefficient (Wildman–Crippen LogP) is 4.41. The van der Waals surface area contributed by atoms with Crippen molar-refractivity contribution in [3.63, 3.8) is 0 Å². The molecule has 0 aromatic heterocycles. The predicted molar refractivity (Wildman–Crippen MR) is 149 cm³/mol. The SMILES string of the molecule is CCC(C(=O)NC)N(Cc1ccccc1Cl)C(=O)CN(c1cccc(OC)c1)S(=O)(=O)c1ccc(C)cc1. The first-order valence-electron chi connectivity index (χ1n) is 12.1. The second-order valence-electron chi connectivity index (χ2n) is 8.68. The van der Waals surface area contributed by atoms with Gasteiger partial charge in [0.15, 0.2) is 0 Å². The number of anilines is 1. The number of methoxy groups -OCH3 is 1. The van der Waals surface area contributed by atoms with E-state index in [9.17, 15) is 18.0 Å². The third kappa shape index (κ3) is 6.65. The molecule has 0 fully saturated rings. The van der Waals surface area contributed by atoms with Gasteiger partial charge in [-0.05, 0) is 49.2 Å². The highest BCUT2D eigenvalue weighted by Crippen LogP contribution is 2.28. The number of hydrogen-bond acceptors (Lipinski definition) is 5. The monoisotopic (exact) mass is 557 g/mol. The summed E-state index contributed by atoms with van der Waals surface area (Å²) in [5.41, 5.74) is 1.79. The van der Waals surface area contributed by atoms with E-state index in [0.717, 1.165) is 9.87 Å². The standard InChI is InChI=1S/C28H32ClN3O5S/c1-5-26(28(34)30-3)31(18-21-9-6-7-12-25(21)29)27(33)19-32(22-10-8-11-23(17-22)37-4)38(35,36)24-15-13-20(2)14-16-24/h6-17,26H,5,18-19H2,1-4H3,(H,30,34). The van der Waals surface area contributed by atoms with Gasteiger partial charge in [0.2, 0.25) is 11.8 Å². The van der Waals surface area contributed by atoms with Crippen LogP contribution in [0.3, 0.4) is 0 Å². The zero-order valence-corrected chi connectivity index (χ0v) is 23.4. The molecule has 0 radical (unpaired) electrons. The summed E-state index contributed by atoms with van der Waals surface area (Å²) in [7, 11) is -1.19. The molecule has 3 aromatic carbocycles. The van der Waals surface area contributed by atoms with E-state index in [1.54, 1.807) is 67.6 Å². The highest BCUT2D eigenvalue weighted by atomic mass is 35.5. The Balaban J connectivity index is 2.09. The number of nitrogens with one attached hydrogen (secondary N) is 1. The summed E-state index contributed by atoms with van der Waals surface area (Å²) in [5, 5.41) is 3.04. The molecule has 0 saturated carbocycles. The minimum atomic E-state index is -4.16. The van der Waals surface area contributed by atoms with Crippen LogP contribution < -0.4 is 14.4 Å². The molecule has 0 bridgehead atoms. The Morgan fingerprint density at radius 3 is 2.32 bits per heavy atom. The molecular formula is C28H32ClN3O5S. The largest absolute Gasteiger partial charge is 0.497 e. The molecule has 3 aromatic rings. The van der Waals surface area contributed by atoms with Crippen LogP contribution in [0.4, 0.5) is 5.69 Å². The lowest BCUT2D eigenvalue weighted by Gasteiger charge is -2.33. The molecule has 1 N–H and O–H groups in total. The van der Waals surface area contributed by atoms with Crippen LogP contribution in [-0.2, 0) is 26.2 Å². The summed E-state index contributed by atoms with van der Waals surface area (Å²) >= 11 is 6.38. The van der Waals surface area contributed by atoms with Gasteiger partial charge in [-0.25, -0.2) is 8.42 Å². The van der Waals surface area contributed by atoms with Crippen molar-refractivity contribution in [2.24, 2.45) is 0 Å². The molecule has 0 heterocycles. The van der Waals surface area contributed by atoms with Crippen molar-refractivity contribution in [1.82, 2.24) is 10.2 Å². The molecule has 2 amide bonds. The van der Waals surface area contributed by atoms with Crippen LogP contribution >= 0.6 is 11.6 Å². The fraction of sp³-hybridized carbons (Fsp3) is 0.286. The van der Waals surface area contributed by atoms with Gasteiger partial charge < -0.3 is 15.0 Å². The van der Waals surface area contributed by atoms with Crippen molar-refractivity contribution >= 4 is 39.1 Å². The summed E-state index contributed by atoms with van der Waals surface area (Å²) in [5.74, 6) is -0.482. The normalized spacial score (nSPS) is 11.9. The number of sulfonamides is 1. The summed E-state index contributed by atoms with van der Waals surface area (Å²) < 4.78 is 34.1. The van der Waals surface area contributed by atoms with Crippen LogP contribution in [0.15, 0.2) is 77.7 Å². The van der Waals surface area contributed by atoms with Crippen LogP contribution in [0.1, 0.15) is 24.5 Å². The average Bonchev–Trinajstić information content (AvgIpc) is 2.92. The Bertz CT molecular complexity index is 1380. The van der Waals surface area contributed by atoms with Gasteiger partial charge in [0, 0.05) is 24.7 Å². The van der Waals surface area contributed by atoms with Gasteiger partial charge in [-0.3, -0.25) is 13.9 Å². The number of carbonyl (C=O) groups excluding carboxylic acids is 2. The van der Waals surface area contributed by atoms with E-state index in [-0.39, 0.29) is 23.0 Å². The van der Waals surface area contributed by atoms with Gasteiger partial charge in [0.1, 0.15) is 18.3 Å². The number of carbonyl (C=O) groups is 2. The lowest BCUT2D eigenvalue weighted by Crippen LogP contribution is -2.51. The number of amides is 2. The van der Waals surface area contributed by atoms with E-state index < -0.39 is 28.5 Å². The maximum atomic E-state index is 13.9. The van der Waals surface area contributed by atoms with Crippen molar-refractivity contribution in [3.05, 3.63) is 88.9 Å². The maximum Gasteiger partial charge on any atom is 0.264 e. The molecule has 0 aliphatic heterocycles. The molecule has 3 rings (SSSR count). The number of aryl methyl sites for hydroxylation is 1. The van der Waals surface area contributed by atoms with E-state index in [4.69, 9.17) is 16.3 Å². The second-order valence-corrected chi connectivity index (χ2v) is 10.9. The highest BCUT2D eigenvalue weighted by molar-refractivity contribution is 7.92. The van der Waals surface area contributed by atoms with Crippen molar-refractivity contribution in [1.29, 1.82) is 0 Å². The van der Waals surface area contributed by atoms with Crippen LogP contribution in [-0.4, -0.2) is 51.9 Å². The number of rotatable bonds is 11. The summed E-state index contributed by atoms with van der Waals surface area (Å²) in [6.45, 7) is 3.13. The van der Waals surface area contributed by atoms with Crippen molar-refractivity contribution < 1.29 is 22.7 Å². The topological polar surface area (TPSA) is 96.0 Å². The fourth-order valence-electron chi connectivity index (χ4n) is 4.03. The van der Waals surface area contributed by atoms with Gasteiger partial charge >= 0.3 is 0 Å². The molecule has 202 valence electrons. The molecule has 10 heteroatoms. The van der Waals surface area contributed by atoms with Crippen LogP contribution in [0.25, 0.3) is 0 Å². The second kappa shape index (κ2) is 12.8. The number of hydrogen-bond donors (Lipinski definition) is 1. The molecule has 38 heavy (non-hydrogen) atoms. The smallest absolute Gasteiger partial charge is 0.264 e. The Labute approximate surface area is 229 Å². The van der Waals surface area contributed by atoms with Crippen LogP contribution in [0.2, 0.25) is 5.02 Å². The maximum absolute atomic E-state index is 13.9. The molecule has 0 aliphatic rings. The number of nitrogens with zero attached hydrogens (tertiary/aromatic N) is 2. The lowest BCUT2D eigenvalue weighted by atomic mass is 10.1. The van der Waals surface area contributed by atoms with Crippen molar-refractivity contribution in [2.45, 2.75) is 37.8 Å². The van der Waals surface area contributed by atoms with Gasteiger partial charge in [0.05, 0.1) is 17.7 Å². The molecule has 0 saturated heterocycles. The number of halogens is 1. The first kappa shape index (κ1) is 29.0. The minimum Gasteiger partial charge on any atom is -0.497 e. The Hall–Kier alpha value is -3.56. The quantitative estimate of drug-likeness (QED) is 0.377. The average molecular weight is 558 g/mol. The molecule has 0 aliphatic carbocycles. The Morgan fingerprint density at radius 1 is 1.03 bits per heavy atom. The van der Waals surface area contributed by atoms with Crippen molar-refractivity contribution in [3.8, 4) is 5.75 Å². The molecule has 8 nitrogen and oxygen atoms in total. The number of likely N-dealkylation sites (N-methyl/N-ethyl adjacent to an activating group) is 1. The first-order valence-corrected chi connectivity index (χ1v) is 13.9. The number of benzene rings is 3. The van der Waals surface area contributed by atoms with Gasteiger partial charge in [-0.15, -0.1) is 0 Å². The fourth-order valence-corrected chi connectivity index (χ4v) is 5.63. The van der Waals surface area contributed by atoms with E-state index in [2.05, 4.69) is 5.32 Å². The Morgan fingerprint density at radius 2 is 1.71 bits per heavy atom. The summed E-state index contributed by atoms with van der Waals surface area (Å²) in [4.78, 5) is 28.1. The van der Waals surface area contributed by atoms with Crippen LogP contribution in [0, 0.1) is 6.92 Å². The summed E-state index contributed by atoms with van der Waals surface area (Å²) in [6.07, 6.45) is 0.319. The Kier molecular flexibility index (Phi) is 9.77. The third-order valence-corrected chi connectivity index (χ3v) is 8.32. The minimum absolute atomic E-state index is 0.0287.